The predicted octanol–water partition coefficient (Wildman–Crippen LogP) is 1.65. The van der Waals surface area contributed by atoms with Crippen molar-refractivity contribution in [1.82, 2.24) is 14.7 Å². The summed E-state index contributed by atoms with van der Waals surface area (Å²) in [6, 6.07) is 2.14. The Hall–Kier alpha value is -0.160. The summed E-state index contributed by atoms with van der Waals surface area (Å²) in [5.41, 5.74) is 0.321. The highest BCUT2D eigenvalue weighted by Crippen LogP contribution is 2.33. The van der Waals surface area contributed by atoms with Gasteiger partial charge in [0.15, 0.2) is 0 Å². The molecule has 3 rings (SSSR count). The lowest BCUT2D eigenvalue weighted by atomic mass is 9.88. The third-order valence-corrected chi connectivity index (χ3v) is 5.85. The molecule has 21 heavy (non-hydrogen) atoms. The van der Waals surface area contributed by atoms with Crippen molar-refractivity contribution in [2.45, 2.75) is 64.2 Å². The van der Waals surface area contributed by atoms with Gasteiger partial charge in [-0.05, 0) is 53.6 Å². The summed E-state index contributed by atoms with van der Waals surface area (Å²) < 4.78 is 5.60. The lowest BCUT2D eigenvalue weighted by Crippen LogP contribution is -2.73. The Balaban J connectivity index is 1.59. The van der Waals surface area contributed by atoms with Gasteiger partial charge in [-0.25, -0.2) is 0 Å². The first kappa shape index (κ1) is 15.7. The molecule has 0 amide bonds. The molecule has 1 spiro atoms. The van der Waals surface area contributed by atoms with E-state index >= 15 is 0 Å². The first-order valence-electron chi connectivity index (χ1n) is 8.84. The molecule has 4 nitrogen and oxygen atoms in total. The lowest BCUT2D eigenvalue weighted by molar-refractivity contribution is -0.184. The van der Waals surface area contributed by atoms with Crippen LogP contribution >= 0.6 is 0 Å². The number of hydrogen-bond donors (Lipinski definition) is 0. The number of hydrogen-bond acceptors (Lipinski definition) is 4. The van der Waals surface area contributed by atoms with Crippen LogP contribution in [0.25, 0.3) is 0 Å². The van der Waals surface area contributed by atoms with Gasteiger partial charge in [-0.3, -0.25) is 9.80 Å². The van der Waals surface area contributed by atoms with E-state index in [4.69, 9.17) is 4.74 Å². The van der Waals surface area contributed by atoms with E-state index in [1.54, 1.807) is 0 Å². The van der Waals surface area contributed by atoms with Crippen molar-refractivity contribution in [1.29, 1.82) is 0 Å². The van der Waals surface area contributed by atoms with Gasteiger partial charge >= 0.3 is 0 Å². The van der Waals surface area contributed by atoms with Crippen molar-refractivity contribution in [3.8, 4) is 0 Å². The molecular weight excluding hydrogens is 262 g/mol. The second-order valence-electron chi connectivity index (χ2n) is 7.84. The maximum absolute atomic E-state index is 5.60. The number of piperazine rings is 1. The number of nitrogens with zero attached hydrogens (tertiary/aromatic N) is 3. The zero-order valence-corrected chi connectivity index (χ0v) is 14.3. The molecule has 3 saturated heterocycles. The molecule has 0 N–H and O–H groups in total. The molecule has 4 heteroatoms. The van der Waals surface area contributed by atoms with Gasteiger partial charge in [-0.1, -0.05) is 0 Å². The normalized spacial score (nSPS) is 29.4. The molecule has 3 heterocycles. The standard InChI is InChI=1S/C17H33N3O/c1-14(2)18-7-5-16(6-8-18)19-9-10-20(15(3)4)17(11-19)12-21-13-17/h14-16H,5-13H2,1-4H3. The van der Waals surface area contributed by atoms with Crippen molar-refractivity contribution in [3.63, 3.8) is 0 Å². The molecular formula is C17H33N3O. The van der Waals surface area contributed by atoms with Gasteiger partial charge < -0.3 is 9.64 Å². The molecule has 0 aromatic heterocycles. The minimum atomic E-state index is 0.321. The topological polar surface area (TPSA) is 19.0 Å². The van der Waals surface area contributed by atoms with Crippen molar-refractivity contribution < 1.29 is 4.74 Å². The van der Waals surface area contributed by atoms with Crippen LogP contribution in [0.2, 0.25) is 0 Å². The summed E-state index contributed by atoms with van der Waals surface area (Å²) in [5, 5.41) is 0. The Morgan fingerprint density at radius 1 is 0.905 bits per heavy atom. The minimum absolute atomic E-state index is 0.321. The molecule has 122 valence electrons. The number of piperidine rings is 1. The van der Waals surface area contributed by atoms with E-state index in [1.807, 2.05) is 0 Å². The molecule has 0 atom stereocenters. The summed E-state index contributed by atoms with van der Waals surface area (Å²) >= 11 is 0. The van der Waals surface area contributed by atoms with Crippen LogP contribution in [0.5, 0.6) is 0 Å². The average molecular weight is 295 g/mol. The number of ether oxygens (including phenoxy) is 1. The smallest absolute Gasteiger partial charge is 0.0809 e. The van der Waals surface area contributed by atoms with E-state index in [-0.39, 0.29) is 0 Å². The van der Waals surface area contributed by atoms with Gasteiger partial charge in [-0.2, -0.15) is 0 Å². The lowest BCUT2D eigenvalue weighted by Gasteiger charge is -2.58. The number of likely N-dealkylation sites (tertiary alicyclic amines) is 1. The maximum Gasteiger partial charge on any atom is 0.0809 e. The zero-order valence-electron chi connectivity index (χ0n) is 14.3. The van der Waals surface area contributed by atoms with E-state index in [2.05, 4.69) is 42.4 Å². The quantitative estimate of drug-likeness (QED) is 0.788. The summed E-state index contributed by atoms with van der Waals surface area (Å²) in [6.45, 7) is 17.4. The molecule has 0 aliphatic carbocycles. The van der Waals surface area contributed by atoms with Crippen LogP contribution in [0.15, 0.2) is 0 Å². The van der Waals surface area contributed by atoms with Gasteiger partial charge in [-0.15, -0.1) is 0 Å². The highest BCUT2D eigenvalue weighted by atomic mass is 16.5. The van der Waals surface area contributed by atoms with Crippen LogP contribution < -0.4 is 0 Å². The minimum Gasteiger partial charge on any atom is -0.377 e. The van der Waals surface area contributed by atoms with Crippen LogP contribution in [0, 0.1) is 0 Å². The van der Waals surface area contributed by atoms with E-state index in [1.165, 1.54) is 45.6 Å². The molecule has 0 aromatic carbocycles. The third kappa shape index (κ3) is 3.00. The summed E-state index contributed by atoms with van der Waals surface area (Å²) in [5.74, 6) is 0. The highest BCUT2D eigenvalue weighted by Gasteiger charge is 2.49. The Kier molecular flexibility index (Phi) is 4.60. The van der Waals surface area contributed by atoms with Crippen molar-refractivity contribution in [2.24, 2.45) is 0 Å². The summed E-state index contributed by atoms with van der Waals surface area (Å²) in [4.78, 5) is 8.10. The monoisotopic (exact) mass is 295 g/mol. The van der Waals surface area contributed by atoms with Crippen LogP contribution in [0.3, 0.4) is 0 Å². The van der Waals surface area contributed by atoms with E-state index in [9.17, 15) is 0 Å². The molecule has 0 bridgehead atoms. The van der Waals surface area contributed by atoms with E-state index in [0.29, 0.717) is 17.6 Å². The molecule has 0 radical (unpaired) electrons. The number of rotatable bonds is 3. The SMILES string of the molecule is CC(C)N1CCC(N2CCN(C(C)C)C3(COC3)C2)CC1. The Bertz CT molecular complexity index is 346. The second-order valence-corrected chi connectivity index (χ2v) is 7.84. The van der Waals surface area contributed by atoms with Crippen LogP contribution in [-0.2, 0) is 4.74 Å². The van der Waals surface area contributed by atoms with E-state index in [0.717, 1.165) is 19.3 Å². The van der Waals surface area contributed by atoms with Crippen LogP contribution in [0.1, 0.15) is 40.5 Å². The molecule has 0 aromatic rings. The molecule has 0 saturated carbocycles. The van der Waals surface area contributed by atoms with Gasteiger partial charge in [0.25, 0.3) is 0 Å². The molecule has 3 aliphatic rings. The largest absolute Gasteiger partial charge is 0.377 e. The van der Waals surface area contributed by atoms with Gasteiger partial charge in [0.1, 0.15) is 0 Å². The van der Waals surface area contributed by atoms with E-state index < -0.39 is 0 Å². The van der Waals surface area contributed by atoms with Gasteiger partial charge in [0.2, 0.25) is 0 Å². The summed E-state index contributed by atoms with van der Waals surface area (Å²) in [6.07, 6.45) is 2.69. The fraction of sp³-hybridized carbons (Fsp3) is 1.00. The van der Waals surface area contributed by atoms with Crippen molar-refractivity contribution in [3.05, 3.63) is 0 Å². The Labute approximate surface area is 130 Å². The first-order valence-corrected chi connectivity index (χ1v) is 8.84. The van der Waals surface area contributed by atoms with Gasteiger partial charge in [0.05, 0.1) is 18.8 Å². The first-order chi connectivity index (χ1) is 10.0. The Morgan fingerprint density at radius 2 is 1.57 bits per heavy atom. The zero-order chi connectivity index (χ0) is 15.0. The molecule has 3 fully saturated rings. The molecule has 0 unspecified atom stereocenters. The fourth-order valence-corrected chi connectivity index (χ4v) is 4.50. The third-order valence-electron chi connectivity index (χ3n) is 5.85. The van der Waals surface area contributed by atoms with Crippen LogP contribution in [-0.4, -0.2) is 84.3 Å². The highest BCUT2D eigenvalue weighted by molar-refractivity contribution is 5.04. The predicted molar refractivity (Wildman–Crippen MR) is 86.7 cm³/mol. The Morgan fingerprint density at radius 3 is 2.05 bits per heavy atom. The second kappa shape index (κ2) is 6.15. The summed E-state index contributed by atoms with van der Waals surface area (Å²) in [7, 11) is 0. The van der Waals surface area contributed by atoms with Gasteiger partial charge in [0, 0.05) is 37.8 Å². The van der Waals surface area contributed by atoms with Crippen LogP contribution in [0.4, 0.5) is 0 Å². The van der Waals surface area contributed by atoms with Crippen molar-refractivity contribution in [2.75, 3.05) is 45.9 Å². The van der Waals surface area contributed by atoms with Crippen molar-refractivity contribution >= 4 is 0 Å². The average Bonchev–Trinajstić information content (AvgIpc) is 2.45. The fourth-order valence-electron chi connectivity index (χ4n) is 4.50. The maximum atomic E-state index is 5.60. The molecule has 3 aliphatic heterocycles.